The molecule has 7 heteroatoms. The number of rotatable bonds is 5. The SMILES string of the molecule is C/C=C(\c1ccc(C(N)=O)cc1C)C(C(=O)NS)c1ccc2c(c1)OCO2.CC. The number of hydrogen-bond acceptors (Lipinski definition) is 5. The molecule has 2 amide bonds. The highest BCUT2D eigenvalue weighted by atomic mass is 32.1. The summed E-state index contributed by atoms with van der Waals surface area (Å²) in [6.07, 6.45) is 1.88. The summed E-state index contributed by atoms with van der Waals surface area (Å²) in [4.78, 5) is 24.1. The Morgan fingerprint density at radius 1 is 1.14 bits per heavy atom. The molecule has 0 radical (unpaired) electrons. The van der Waals surface area contributed by atoms with Crippen molar-refractivity contribution in [3.63, 3.8) is 0 Å². The first kappa shape index (κ1) is 22.4. The van der Waals surface area contributed by atoms with E-state index in [0.29, 0.717) is 17.1 Å². The van der Waals surface area contributed by atoms with Gasteiger partial charge in [-0.1, -0.05) is 44.9 Å². The lowest BCUT2D eigenvalue weighted by molar-refractivity contribution is -0.119. The van der Waals surface area contributed by atoms with Gasteiger partial charge in [0.25, 0.3) is 0 Å². The Hall–Kier alpha value is -2.93. The molecule has 3 N–H and O–H groups in total. The number of allylic oxidation sites excluding steroid dienone is 1. The monoisotopic (exact) mass is 414 g/mol. The zero-order valence-electron chi connectivity index (χ0n) is 17.0. The first-order valence-electron chi connectivity index (χ1n) is 9.36. The third-order valence-electron chi connectivity index (χ3n) is 4.55. The molecule has 0 fully saturated rings. The van der Waals surface area contributed by atoms with Gasteiger partial charge < -0.3 is 19.9 Å². The van der Waals surface area contributed by atoms with Crippen molar-refractivity contribution < 1.29 is 19.1 Å². The fourth-order valence-corrected chi connectivity index (χ4v) is 3.38. The van der Waals surface area contributed by atoms with Gasteiger partial charge in [0.2, 0.25) is 18.6 Å². The molecule has 0 aliphatic carbocycles. The number of hydrogen-bond donors (Lipinski definition) is 3. The fourth-order valence-electron chi connectivity index (χ4n) is 3.25. The predicted octanol–water partition coefficient (Wildman–Crippen LogP) is 4.00. The first-order valence-corrected chi connectivity index (χ1v) is 9.81. The van der Waals surface area contributed by atoms with Gasteiger partial charge in [-0.15, -0.1) is 0 Å². The summed E-state index contributed by atoms with van der Waals surface area (Å²) in [5.41, 5.74) is 9.01. The number of nitrogens with one attached hydrogen (secondary N) is 1. The molecule has 1 atom stereocenters. The van der Waals surface area contributed by atoms with Crippen molar-refractivity contribution in [2.75, 3.05) is 6.79 Å². The number of fused-ring (bicyclic) bond motifs is 1. The van der Waals surface area contributed by atoms with Gasteiger partial charge in [0.1, 0.15) is 0 Å². The number of carbonyl (C=O) groups excluding carboxylic acids is 2. The van der Waals surface area contributed by atoms with Crippen LogP contribution >= 0.6 is 12.8 Å². The summed E-state index contributed by atoms with van der Waals surface area (Å²) in [7, 11) is 0. The van der Waals surface area contributed by atoms with Crippen LogP contribution in [0.4, 0.5) is 0 Å². The minimum absolute atomic E-state index is 0.159. The van der Waals surface area contributed by atoms with Crippen molar-refractivity contribution in [3.8, 4) is 11.5 Å². The standard InChI is InChI=1S/C20H20N2O4S.C2H6/c1-3-14(15-6-4-13(19(21)23)8-11(15)2)18(20(24)22-27)12-5-7-16-17(9-12)26-10-25-16;1-2/h3-9,18,27H,10H2,1-2H3,(H2,21,23)(H,22,24);1-2H3/b14-3+;. The van der Waals surface area contributed by atoms with Crippen molar-refractivity contribution in [1.82, 2.24) is 4.72 Å². The van der Waals surface area contributed by atoms with E-state index in [0.717, 1.165) is 22.3 Å². The minimum atomic E-state index is -0.611. The zero-order chi connectivity index (χ0) is 21.6. The van der Waals surface area contributed by atoms with Crippen molar-refractivity contribution in [2.24, 2.45) is 5.73 Å². The third-order valence-corrected chi connectivity index (χ3v) is 4.77. The maximum Gasteiger partial charge on any atom is 0.248 e. The Morgan fingerprint density at radius 3 is 2.41 bits per heavy atom. The number of primary amides is 1. The minimum Gasteiger partial charge on any atom is -0.454 e. The van der Waals surface area contributed by atoms with Crippen molar-refractivity contribution >= 4 is 30.2 Å². The highest BCUT2D eigenvalue weighted by Gasteiger charge is 2.28. The van der Waals surface area contributed by atoms with Crippen LogP contribution in [0.15, 0.2) is 42.5 Å². The number of ether oxygens (including phenoxy) is 2. The number of thiol groups is 1. The molecule has 0 aromatic heterocycles. The van der Waals surface area contributed by atoms with Gasteiger partial charge in [0, 0.05) is 5.56 Å². The van der Waals surface area contributed by atoms with E-state index in [9.17, 15) is 9.59 Å². The summed E-state index contributed by atoms with van der Waals surface area (Å²) in [5, 5.41) is 0. The lowest BCUT2D eigenvalue weighted by Crippen LogP contribution is -2.24. The lowest BCUT2D eigenvalue weighted by Gasteiger charge is -2.21. The van der Waals surface area contributed by atoms with E-state index < -0.39 is 11.8 Å². The van der Waals surface area contributed by atoms with Crippen molar-refractivity contribution in [2.45, 2.75) is 33.6 Å². The topological polar surface area (TPSA) is 90.7 Å². The smallest absolute Gasteiger partial charge is 0.248 e. The van der Waals surface area contributed by atoms with Gasteiger partial charge in [-0.2, -0.15) is 0 Å². The van der Waals surface area contributed by atoms with Crippen LogP contribution in [0.3, 0.4) is 0 Å². The normalized spacial score (nSPS) is 13.2. The van der Waals surface area contributed by atoms with Gasteiger partial charge >= 0.3 is 0 Å². The molecule has 1 aliphatic rings. The van der Waals surface area contributed by atoms with Crippen LogP contribution in [-0.2, 0) is 4.79 Å². The van der Waals surface area contributed by atoms with E-state index >= 15 is 0 Å². The average Bonchev–Trinajstić information content (AvgIpc) is 3.21. The molecule has 29 heavy (non-hydrogen) atoms. The Bertz CT molecular complexity index is 940. The van der Waals surface area contributed by atoms with E-state index in [1.165, 1.54) is 0 Å². The van der Waals surface area contributed by atoms with Gasteiger partial charge in [0.15, 0.2) is 11.5 Å². The van der Waals surface area contributed by atoms with Gasteiger partial charge in [-0.3, -0.25) is 9.59 Å². The molecular weight excluding hydrogens is 388 g/mol. The predicted molar refractivity (Wildman–Crippen MR) is 117 cm³/mol. The Balaban J connectivity index is 0.00000145. The van der Waals surface area contributed by atoms with Crippen LogP contribution in [0.1, 0.15) is 53.7 Å². The van der Waals surface area contributed by atoms with E-state index in [-0.39, 0.29) is 12.7 Å². The van der Waals surface area contributed by atoms with Crippen molar-refractivity contribution in [1.29, 1.82) is 0 Å². The van der Waals surface area contributed by atoms with Crippen LogP contribution in [-0.4, -0.2) is 18.6 Å². The number of benzene rings is 2. The Kier molecular flexibility index (Phi) is 7.73. The molecule has 154 valence electrons. The Labute approximate surface area is 176 Å². The molecule has 2 aromatic carbocycles. The van der Waals surface area contributed by atoms with E-state index in [1.807, 2.05) is 39.8 Å². The summed E-state index contributed by atoms with van der Waals surface area (Å²) >= 11 is 3.96. The van der Waals surface area contributed by atoms with Gasteiger partial charge in [-0.05, 0) is 60.4 Å². The highest BCUT2D eigenvalue weighted by Crippen LogP contribution is 2.39. The molecule has 0 saturated carbocycles. The number of amides is 2. The number of nitrogens with two attached hydrogens (primary N) is 1. The van der Waals surface area contributed by atoms with E-state index in [4.69, 9.17) is 15.2 Å². The second-order valence-electron chi connectivity index (χ2n) is 6.16. The summed E-state index contributed by atoms with van der Waals surface area (Å²) in [6.45, 7) is 7.90. The third kappa shape index (κ3) is 4.74. The quantitative estimate of drug-likeness (QED) is 0.645. The lowest BCUT2D eigenvalue weighted by atomic mass is 9.83. The number of aryl methyl sites for hydroxylation is 1. The second kappa shape index (κ2) is 10.0. The zero-order valence-corrected chi connectivity index (χ0v) is 17.9. The molecule has 0 saturated heterocycles. The molecular formula is C22H26N2O4S. The van der Waals surface area contributed by atoms with Crippen molar-refractivity contribution in [3.05, 3.63) is 64.7 Å². The van der Waals surface area contributed by atoms with E-state index in [2.05, 4.69) is 17.5 Å². The molecule has 0 spiro atoms. The van der Waals surface area contributed by atoms with Crippen LogP contribution in [0.25, 0.3) is 5.57 Å². The molecule has 0 bridgehead atoms. The van der Waals surface area contributed by atoms with Crippen LogP contribution in [0.2, 0.25) is 0 Å². The maximum atomic E-state index is 12.7. The van der Waals surface area contributed by atoms with Gasteiger partial charge in [0.05, 0.1) is 5.92 Å². The molecule has 1 unspecified atom stereocenters. The summed E-state index contributed by atoms with van der Waals surface area (Å²) in [5.74, 6) is -0.135. The first-order chi connectivity index (χ1) is 14.0. The molecule has 1 heterocycles. The van der Waals surface area contributed by atoms with Crippen LogP contribution in [0, 0.1) is 6.92 Å². The number of carbonyl (C=O) groups is 2. The van der Waals surface area contributed by atoms with Crippen LogP contribution in [0.5, 0.6) is 11.5 Å². The molecule has 2 aromatic rings. The molecule has 3 rings (SSSR count). The van der Waals surface area contributed by atoms with Gasteiger partial charge in [-0.25, -0.2) is 0 Å². The largest absolute Gasteiger partial charge is 0.454 e. The second-order valence-corrected chi connectivity index (χ2v) is 6.38. The Morgan fingerprint density at radius 2 is 1.83 bits per heavy atom. The fraction of sp³-hybridized carbons (Fsp3) is 0.273. The van der Waals surface area contributed by atoms with E-state index in [1.54, 1.807) is 30.3 Å². The molecule has 6 nitrogen and oxygen atoms in total. The average molecular weight is 415 g/mol. The highest BCUT2D eigenvalue weighted by molar-refractivity contribution is 7.78. The summed E-state index contributed by atoms with van der Waals surface area (Å²) in [6, 6.07) is 10.6. The maximum absolute atomic E-state index is 12.7. The molecule has 1 aliphatic heterocycles. The van der Waals surface area contributed by atoms with Crippen LogP contribution < -0.4 is 19.9 Å². The summed E-state index contributed by atoms with van der Waals surface area (Å²) < 4.78 is 13.2.